The number of aryl methyl sites for hydroxylation is 1. The van der Waals surface area contributed by atoms with Gasteiger partial charge in [-0.2, -0.15) is 0 Å². The fourth-order valence-electron chi connectivity index (χ4n) is 2.90. The van der Waals surface area contributed by atoms with Crippen LogP contribution in [0.3, 0.4) is 0 Å². The first-order valence-corrected chi connectivity index (χ1v) is 9.00. The minimum absolute atomic E-state index is 0.0751. The molecule has 28 heavy (non-hydrogen) atoms. The number of hydrogen-bond donors (Lipinski definition) is 0. The molecule has 2 aromatic heterocycles. The molecule has 3 aromatic rings. The first kappa shape index (κ1) is 20.0. The van der Waals surface area contributed by atoms with Gasteiger partial charge in [-0.15, -0.1) is 0 Å². The van der Waals surface area contributed by atoms with Gasteiger partial charge in [-0.3, -0.25) is 4.79 Å². The third kappa shape index (κ3) is 4.08. The highest BCUT2D eigenvalue weighted by molar-refractivity contribution is 6.34. The molecule has 8 heteroatoms. The fraction of sp³-hybridized carbons (Fsp3) is 0.150. The Bertz CT molecular complexity index is 1080. The molecule has 0 bridgehead atoms. The molecule has 3 rings (SSSR count). The molecule has 0 saturated heterocycles. The second-order valence-corrected chi connectivity index (χ2v) is 6.86. The Hall–Kier alpha value is -2.70. The maximum atomic E-state index is 13.5. The number of benzene rings is 1. The molecule has 144 valence electrons. The molecule has 0 unspecified atom stereocenters. The summed E-state index contributed by atoms with van der Waals surface area (Å²) in [5.74, 6) is -1.63. The van der Waals surface area contributed by atoms with E-state index in [2.05, 4.69) is 4.98 Å². The van der Waals surface area contributed by atoms with E-state index < -0.39 is 18.4 Å². The van der Waals surface area contributed by atoms with Crippen molar-refractivity contribution >= 4 is 35.0 Å². The molecule has 0 aliphatic heterocycles. The number of esters is 1. The number of pyridine rings is 1. The van der Waals surface area contributed by atoms with Crippen LogP contribution in [0.2, 0.25) is 10.2 Å². The molecule has 5 nitrogen and oxygen atoms in total. The summed E-state index contributed by atoms with van der Waals surface area (Å²) in [6.45, 7) is 3.05. The van der Waals surface area contributed by atoms with Gasteiger partial charge in [0.15, 0.2) is 12.3 Å². The van der Waals surface area contributed by atoms with Crippen molar-refractivity contribution in [2.75, 3.05) is 6.61 Å². The molecule has 0 radical (unpaired) electrons. The van der Waals surface area contributed by atoms with E-state index >= 15 is 0 Å². The van der Waals surface area contributed by atoms with Crippen molar-refractivity contribution in [2.45, 2.75) is 13.8 Å². The summed E-state index contributed by atoms with van der Waals surface area (Å²) in [6.07, 6.45) is 0. The Morgan fingerprint density at radius 1 is 1.14 bits per heavy atom. The number of carbonyl (C=O) groups is 2. The lowest BCUT2D eigenvalue weighted by Gasteiger charge is -2.10. The SMILES string of the molecule is Cc1cc(C(=O)COC(=O)c2nc(Cl)ccc2Cl)c(C)n1-c1cccc(F)c1. The lowest BCUT2D eigenvalue weighted by atomic mass is 10.1. The van der Waals surface area contributed by atoms with Crippen molar-refractivity contribution in [3.05, 3.63) is 81.1 Å². The smallest absolute Gasteiger partial charge is 0.359 e. The zero-order chi connectivity index (χ0) is 20.4. The number of rotatable bonds is 5. The summed E-state index contributed by atoms with van der Waals surface area (Å²) in [4.78, 5) is 28.5. The predicted octanol–water partition coefficient (Wildman–Crippen LogP) is 4.97. The Labute approximate surface area is 170 Å². The van der Waals surface area contributed by atoms with Gasteiger partial charge >= 0.3 is 5.97 Å². The quantitative estimate of drug-likeness (QED) is 0.332. The van der Waals surface area contributed by atoms with Crippen LogP contribution in [0.1, 0.15) is 32.2 Å². The van der Waals surface area contributed by atoms with Gasteiger partial charge in [0.2, 0.25) is 5.78 Å². The standard InChI is InChI=1S/C20H15Cl2FN2O3/c1-11-8-15(12(2)25(11)14-5-3-4-13(23)9-14)17(26)10-28-20(27)19-16(21)6-7-18(22)24-19/h3-9H,10H2,1-2H3. The molecule has 0 amide bonds. The second-order valence-electron chi connectivity index (χ2n) is 6.06. The van der Waals surface area contributed by atoms with Crippen LogP contribution in [0.25, 0.3) is 5.69 Å². The largest absolute Gasteiger partial charge is 0.453 e. The van der Waals surface area contributed by atoms with Crippen LogP contribution in [0, 0.1) is 19.7 Å². The van der Waals surface area contributed by atoms with Gasteiger partial charge in [0.1, 0.15) is 11.0 Å². The Morgan fingerprint density at radius 3 is 2.61 bits per heavy atom. The summed E-state index contributed by atoms with van der Waals surface area (Å²) in [6, 6.07) is 10.6. The fourth-order valence-corrected chi connectivity index (χ4v) is 3.23. The Morgan fingerprint density at radius 2 is 1.89 bits per heavy atom. The molecule has 0 spiro atoms. The number of ketones is 1. The van der Waals surface area contributed by atoms with Crippen molar-refractivity contribution in [2.24, 2.45) is 0 Å². The van der Waals surface area contributed by atoms with E-state index in [-0.39, 0.29) is 21.7 Å². The van der Waals surface area contributed by atoms with E-state index in [9.17, 15) is 14.0 Å². The first-order chi connectivity index (χ1) is 13.3. The maximum absolute atomic E-state index is 13.5. The van der Waals surface area contributed by atoms with Crippen LogP contribution < -0.4 is 0 Å². The third-order valence-electron chi connectivity index (χ3n) is 4.14. The van der Waals surface area contributed by atoms with Crippen LogP contribution in [0.4, 0.5) is 4.39 Å². The van der Waals surface area contributed by atoms with Crippen LogP contribution >= 0.6 is 23.2 Å². The van der Waals surface area contributed by atoms with E-state index in [0.29, 0.717) is 16.9 Å². The summed E-state index contributed by atoms with van der Waals surface area (Å²) < 4.78 is 20.4. The van der Waals surface area contributed by atoms with Crippen molar-refractivity contribution in [1.82, 2.24) is 9.55 Å². The number of Topliss-reactive ketones (excluding diaryl/α,β-unsaturated/α-hetero) is 1. The molecule has 1 aromatic carbocycles. The van der Waals surface area contributed by atoms with E-state index in [1.165, 1.54) is 24.3 Å². The lowest BCUT2D eigenvalue weighted by Crippen LogP contribution is -2.16. The summed E-state index contributed by atoms with van der Waals surface area (Å²) in [7, 11) is 0. The summed E-state index contributed by atoms with van der Waals surface area (Å²) in [5, 5.41) is 0.160. The number of hydrogen-bond acceptors (Lipinski definition) is 4. The monoisotopic (exact) mass is 420 g/mol. The minimum Gasteiger partial charge on any atom is -0.453 e. The van der Waals surface area contributed by atoms with Crippen LogP contribution in [0.15, 0.2) is 42.5 Å². The molecule has 0 fully saturated rings. The molecular weight excluding hydrogens is 406 g/mol. The Balaban J connectivity index is 1.79. The van der Waals surface area contributed by atoms with Crippen LogP contribution in [0.5, 0.6) is 0 Å². The first-order valence-electron chi connectivity index (χ1n) is 8.25. The molecule has 0 saturated carbocycles. The summed E-state index contributed by atoms with van der Waals surface area (Å²) >= 11 is 11.7. The zero-order valence-corrected chi connectivity index (χ0v) is 16.5. The number of aromatic nitrogens is 2. The Kier molecular flexibility index (Phi) is 5.82. The predicted molar refractivity (Wildman–Crippen MR) is 104 cm³/mol. The number of ether oxygens (including phenoxy) is 1. The average molecular weight is 421 g/mol. The van der Waals surface area contributed by atoms with Gasteiger partial charge in [-0.1, -0.05) is 29.3 Å². The van der Waals surface area contributed by atoms with E-state index in [1.807, 2.05) is 0 Å². The molecular formula is C20H15Cl2FN2O3. The minimum atomic E-state index is -0.847. The molecule has 2 heterocycles. The van der Waals surface area contributed by atoms with Crippen molar-refractivity contribution in [3.8, 4) is 5.69 Å². The van der Waals surface area contributed by atoms with Crippen LogP contribution in [-0.4, -0.2) is 27.9 Å². The topological polar surface area (TPSA) is 61.2 Å². The van der Waals surface area contributed by atoms with Gasteiger partial charge in [-0.25, -0.2) is 14.2 Å². The molecule has 0 aliphatic rings. The third-order valence-corrected chi connectivity index (χ3v) is 4.65. The summed E-state index contributed by atoms with van der Waals surface area (Å²) in [5.41, 5.74) is 2.17. The van der Waals surface area contributed by atoms with Crippen LogP contribution in [-0.2, 0) is 4.74 Å². The number of halogens is 3. The number of carbonyl (C=O) groups excluding carboxylic acids is 2. The van der Waals surface area contributed by atoms with Gasteiger partial charge in [-0.05, 0) is 50.2 Å². The van der Waals surface area contributed by atoms with Gasteiger partial charge in [0.05, 0.1) is 5.02 Å². The highest BCUT2D eigenvalue weighted by Gasteiger charge is 2.20. The van der Waals surface area contributed by atoms with E-state index in [4.69, 9.17) is 27.9 Å². The van der Waals surface area contributed by atoms with E-state index in [0.717, 1.165) is 5.69 Å². The second kappa shape index (κ2) is 8.12. The van der Waals surface area contributed by atoms with Gasteiger partial charge in [0, 0.05) is 22.6 Å². The lowest BCUT2D eigenvalue weighted by molar-refractivity contribution is 0.0469. The molecule has 0 aliphatic carbocycles. The zero-order valence-electron chi connectivity index (χ0n) is 15.0. The molecule has 0 N–H and O–H groups in total. The van der Waals surface area contributed by atoms with E-state index in [1.54, 1.807) is 36.6 Å². The van der Waals surface area contributed by atoms with Crippen molar-refractivity contribution < 1.29 is 18.7 Å². The molecule has 0 atom stereocenters. The maximum Gasteiger partial charge on any atom is 0.359 e. The van der Waals surface area contributed by atoms with Gasteiger partial charge in [0.25, 0.3) is 0 Å². The van der Waals surface area contributed by atoms with Crippen molar-refractivity contribution in [3.63, 3.8) is 0 Å². The highest BCUT2D eigenvalue weighted by Crippen LogP contribution is 2.22. The highest BCUT2D eigenvalue weighted by atomic mass is 35.5. The average Bonchev–Trinajstić information content (AvgIpc) is 2.95. The normalized spacial score (nSPS) is 10.8. The number of nitrogens with zero attached hydrogens (tertiary/aromatic N) is 2. The van der Waals surface area contributed by atoms with Gasteiger partial charge < -0.3 is 9.30 Å². The van der Waals surface area contributed by atoms with Crippen molar-refractivity contribution in [1.29, 1.82) is 0 Å².